The van der Waals surface area contributed by atoms with E-state index in [1.807, 2.05) is 38.1 Å². The number of hydrogen-bond donors (Lipinski definition) is 3. The van der Waals surface area contributed by atoms with Crippen molar-refractivity contribution < 1.29 is 10.2 Å². The average molecular weight is 273 g/mol. The molecule has 5 nitrogen and oxygen atoms in total. The lowest BCUT2D eigenvalue weighted by atomic mass is 10.1. The molecule has 0 saturated heterocycles. The maximum Gasteiger partial charge on any atom is 0.128 e. The Morgan fingerprint density at radius 1 is 1.15 bits per heavy atom. The summed E-state index contributed by atoms with van der Waals surface area (Å²) >= 11 is 0. The van der Waals surface area contributed by atoms with Crippen LogP contribution in [0.2, 0.25) is 0 Å². The van der Waals surface area contributed by atoms with E-state index in [1.54, 1.807) is 18.3 Å². The fourth-order valence-electron chi connectivity index (χ4n) is 1.96. The number of rotatable bonds is 4. The number of benzene rings is 1. The van der Waals surface area contributed by atoms with Crippen LogP contribution in [0.4, 0.5) is 11.5 Å². The number of nitrogens with zero attached hydrogens (tertiary/aromatic N) is 2. The molecule has 0 aliphatic heterocycles. The molecule has 0 saturated carbocycles. The van der Waals surface area contributed by atoms with Crippen molar-refractivity contribution in [3.8, 4) is 11.5 Å². The summed E-state index contributed by atoms with van der Waals surface area (Å²) in [5.41, 5.74) is 1.59. The first-order valence-corrected chi connectivity index (χ1v) is 6.39. The monoisotopic (exact) mass is 273 g/mol. The third-order valence-electron chi connectivity index (χ3n) is 3.07. The first kappa shape index (κ1) is 14.0. The summed E-state index contributed by atoms with van der Waals surface area (Å²) in [6.45, 7) is 1.94. The van der Waals surface area contributed by atoms with Gasteiger partial charge < -0.3 is 20.4 Å². The third-order valence-corrected chi connectivity index (χ3v) is 3.07. The van der Waals surface area contributed by atoms with Gasteiger partial charge in [-0.05, 0) is 31.2 Å². The van der Waals surface area contributed by atoms with Crippen LogP contribution in [-0.4, -0.2) is 29.3 Å². The lowest BCUT2D eigenvalue weighted by Crippen LogP contribution is -2.11. The van der Waals surface area contributed by atoms with Crippen LogP contribution < -0.4 is 10.2 Å². The van der Waals surface area contributed by atoms with Gasteiger partial charge in [0, 0.05) is 25.7 Å². The smallest absolute Gasteiger partial charge is 0.128 e. The molecule has 0 bridgehead atoms. The number of aromatic hydroxyl groups is 2. The maximum absolute atomic E-state index is 9.83. The van der Waals surface area contributed by atoms with Gasteiger partial charge in [-0.1, -0.05) is 0 Å². The molecule has 5 heteroatoms. The van der Waals surface area contributed by atoms with Crippen molar-refractivity contribution in [2.75, 3.05) is 24.3 Å². The first-order chi connectivity index (χ1) is 9.47. The lowest BCUT2D eigenvalue weighted by Gasteiger charge is -2.18. The van der Waals surface area contributed by atoms with Crippen molar-refractivity contribution in [2.24, 2.45) is 0 Å². The fourth-order valence-corrected chi connectivity index (χ4v) is 1.96. The zero-order valence-electron chi connectivity index (χ0n) is 11.8. The summed E-state index contributed by atoms with van der Waals surface area (Å²) in [5, 5.41) is 22.4. The second-order valence-corrected chi connectivity index (χ2v) is 4.91. The Morgan fingerprint density at radius 2 is 1.90 bits per heavy atom. The predicted octanol–water partition coefficient (Wildman–Crippen LogP) is 2.73. The Bertz CT molecular complexity index is 582. The Balaban J connectivity index is 2.12. The van der Waals surface area contributed by atoms with E-state index in [1.165, 1.54) is 6.07 Å². The molecule has 106 valence electrons. The van der Waals surface area contributed by atoms with Gasteiger partial charge in [-0.25, -0.2) is 4.98 Å². The molecule has 1 aromatic carbocycles. The minimum absolute atomic E-state index is 0.0513. The van der Waals surface area contributed by atoms with E-state index < -0.39 is 0 Å². The van der Waals surface area contributed by atoms with Gasteiger partial charge >= 0.3 is 0 Å². The number of phenolic OH excluding ortho intramolecular Hbond substituents is 2. The standard InChI is InChI=1S/C15H19N3O2/c1-10(13-6-5-12(19)8-14(13)20)17-11-4-7-15(16-9-11)18(2)3/h4-10,17,19-20H,1-3H3. The minimum Gasteiger partial charge on any atom is -0.508 e. The van der Waals surface area contributed by atoms with E-state index in [9.17, 15) is 10.2 Å². The number of aromatic nitrogens is 1. The number of anilines is 2. The van der Waals surface area contributed by atoms with Crippen molar-refractivity contribution >= 4 is 11.5 Å². The molecule has 1 aromatic heterocycles. The van der Waals surface area contributed by atoms with E-state index in [0.29, 0.717) is 0 Å². The van der Waals surface area contributed by atoms with Crippen molar-refractivity contribution in [1.82, 2.24) is 4.98 Å². The molecule has 1 unspecified atom stereocenters. The van der Waals surface area contributed by atoms with Gasteiger partial charge in [-0.15, -0.1) is 0 Å². The lowest BCUT2D eigenvalue weighted by molar-refractivity contribution is 0.444. The minimum atomic E-state index is -0.0948. The van der Waals surface area contributed by atoms with Crippen LogP contribution in [0.15, 0.2) is 36.5 Å². The molecule has 0 aliphatic rings. The molecular formula is C15H19N3O2. The summed E-state index contributed by atoms with van der Waals surface area (Å²) in [7, 11) is 3.87. The molecule has 0 amide bonds. The van der Waals surface area contributed by atoms with Gasteiger partial charge in [0.2, 0.25) is 0 Å². The zero-order valence-corrected chi connectivity index (χ0v) is 11.8. The van der Waals surface area contributed by atoms with Crippen LogP contribution in [0.5, 0.6) is 11.5 Å². The van der Waals surface area contributed by atoms with Crippen LogP contribution in [-0.2, 0) is 0 Å². The Labute approximate surface area is 118 Å². The first-order valence-electron chi connectivity index (χ1n) is 6.39. The van der Waals surface area contributed by atoms with Gasteiger partial charge in [0.05, 0.1) is 17.9 Å². The van der Waals surface area contributed by atoms with Gasteiger partial charge in [-0.3, -0.25) is 0 Å². The molecule has 2 aromatic rings. The topological polar surface area (TPSA) is 68.6 Å². The highest BCUT2D eigenvalue weighted by Crippen LogP contribution is 2.29. The quantitative estimate of drug-likeness (QED) is 0.799. The van der Waals surface area contributed by atoms with Crippen LogP contribution in [0, 0.1) is 0 Å². The fraction of sp³-hybridized carbons (Fsp3) is 0.267. The van der Waals surface area contributed by atoms with Gasteiger partial charge in [0.25, 0.3) is 0 Å². The molecule has 3 N–H and O–H groups in total. The molecule has 0 fully saturated rings. The van der Waals surface area contributed by atoms with E-state index in [-0.39, 0.29) is 17.5 Å². The third kappa shape index (κ3) is 3.12. The molecule has 1 atom stereocenters. The molecule has 1 heterocycles. The Morgan fingerprint density at radius 3 is 2.45 bits per heavy atom. The SMILES string of the molecule is CC(Nc1ccc(N(C)C)nc1)c1ccc(O)cc1O. The molecule has 0 aliphatic carbocycles. The normalized spacial score (nSPS) is 11.9. The summed E-state index contributed by atoms with van der Waals surface area (Å²) in [5.74, 6) is 1.01. The summed E-state index contributed by atoms with van der Waals surface area (Å²) in [4.78, 5) is 6.25. The highest BCUT2D eigenvalue weighted by Gasteiger charge is 2.11. The van der Waals surface area contributed by atoms with E-state index >= 15 is 0 Å². The molecular weight excluding hydrogens is 254 g/mol. The predicted molar refractivity (Wildman–Crippen MR) is 80.4 cm³/mol. The Kier molecular flexibility index (Phi) is 3.98. The van der Waals surface area contributed by atoms with Crippen molar-refractivity contribution in [3.05, 3.63) is 42.1 Å². The highest BCUT2D eigenvalue weighted by atomic mass is 16.3. The molecule has 0 spiro atoms. The van der Waals surface area contributed by atoms with E-state index in [2.05, 4.69) is 10.3 Å². The second kappa shape index (κ2) is 5.69. The molecule has 20 heavy (non-hydrogen) atoms. The number of nitrogens with one attached hydrogen (secondary N) is 1. The van der Waals surface area contributed by atoms with Gasteiger partial charge in [0.15, 0.2) is 0 Å². The largest absolute Gasteiger partial charge is 0.508 e. The van der Waals surface area contributed by atoms with E-state index in [4.69, 9.17) is 0 Å². The summed E-state index contributed by atoms with van der Waals surface area (Å²) < 4.78 is 0. The highest BCUT2D eigenvalue weighted by molar-refractivity contribution is 5.51. The van der Waals surface area contributed by atoms with Crippen LogP contribution >= 0.6 is 0 Å². The van der Waals surface area contributed by atoms with Gasteiger partial charge in [0.1, 0.15) is 17.3 Å². The van der Waals surface area contributed by atoms with E-state index in [0.717, 1.165) is 17.1 Å². The van der Waals surface area contributed by atoms with Crippen molar-refractivity contribution in [1.29, 1.82) is 0 Å². The summed E-state index contributed by atoms with van der Waals surface area (Å²) in [6, 6.07) is 8.36. The second-order valence-electron chi connectivity index (χ2n) is 4.91. The average Bonchev–Trinajstić information content (AvgIpc) is 2.39. The number of phenols is 2. The molecule has 0 radical (unpaired) electrons. The maximum atomic E-state index is 9.83. The van der Waals surface area contributed by atoms with Crippen molar-refractivity contribution in [3.63, 3.8) is 0 Å². The van der Waals surface area contributed by atoms with Crippen molar-refractivity contribution in [2.45, 2.75) is 13.0 Å². The molecule has 2 rings (SSSR count). The van der Waals surface area contributed by atoms with Crippen LogP contribution in [0.1, 0.15) is 18.5 Å². The van der Waals surface area contributed by atoms with Gasteiger partial charge in [-0.2, -0.15) is 0 Å². The number of hydrogen-bond acceptors (Lipinski definition) is 5. The number of pyridine rings is 1. The van der Waals surface area contributed by atoms with Crippen LogP contribution in [0.25, 0.3) is 0 Å². The van der Waals surface area contributed by atoms with Crippen LogP contribution in [0.3, 0.4) is 0 Å². The Hall–Kier alpha value is -2.43. The zero-order chi connectivity index (χ0) is 14.7. The summed E-state index contributed by atoms with van der Waals surface area (Å²) in [6.07, 6.45) is 1.75.